The molecule has 0 aliphatic rings. The van der Waals surface area contributed by atoms with Crippen molar-refractivity contribution in [2.75, 3.05) is 0 Å². The minimum Gasteiger partial charge on any atom is -0.337 e. The van der Waals surface area contributed by atoms with Gasteiger partial charge < -0.3 is 4.89 Å². The topological polar surface area (TPSA) is 18.5 Å². The molecule has 1 rings (SSSR count). The Balaban J connectivity index is 2.68. The van der Waals surface area contributed by atoms with E-state index in [-0.39, 0.29) is 5.60 Å². The predicted molar refractivity (Wildman–Crippen MR) is 75.8 cm³/mol. The van der Waals surface area contributed by atoms with Gasteiger partial charge in [-0.05, 0) is 38.2 Å². The summed E-state index contributed by atoms with van der Waals surface area (Å²) in [6.45, 7) is 12.8. The average molecular weight is 250 g/mol. The highest BCUT2D eigenvalue weighted by Crippen LogP contribution is 2.28. The number of rotatable bonds is 6. The fourth-order valence-electron chi connectivity index (χ4n) is 2.21. The van der Waals surface area contributed by atoms with Crippen LogP contribution in [0.25, 0.3) is 0 Å². The molecule has 0 spiro atoms. The van der Waals surface area contributed by atoms with Crippen LogP contribution >= 0.6 is 0 Å². The van der Waals surface area contributed by atoms with Gasteiger partial charge in [0.15, 0.2) is 5.75 Å². The summed E-state index contributed by atoms with van der Waals surface area (Å²) in [5.41, 5.74) is 0.913. The lowest BCUT2D eigenvalue weighted by Crippen LogP contribution is -2.28. The first kappa shape index (κ1) is 15.0. The van der Waals surface area contributed by atoms with Gasteiger partial charge in [-0.1, -0.05) is 45.9 Å². The highest BCUT2D eigenvalue weighted by Gasteiger charge is 2.23. The molecule has 0 N–H and O–H groups in total. The molecule has 1 aromatic rings. The van der Waals surface area contributed by atoms with E-state index in [1.807, 2.05) is 18.2 Å². The Bertz CT molecular complexity index is 367. The highest BCUT2D eigenvalue weighted by molar-refractivity contribution is 5.35. The lowest BCUT2D eigenvalue weighted by Gasteiger charge is -2.26. The summed E-state index contributed by atoms with van der Waals surface area (Å²) in [7, 11) is 0. The Kier molecular flexibility index (Phi) is 5.21. The molecule has 1 aromatic carbocycles. The molecule has 0 fully saturated rings. The molecule has 0 saturated heterocycles. The van der Waals surface area contributed by atoms with Crippen molar-refractivity contribution in [1.82, 2.24) is 0 Å². The zero-order valence-corrected chi connectivity index (χ0v) is 12.5. The Morgan fingerprint density at radius 3 is 2.22 bits per heavy atom. The number of para-hydroxylation sites is 1. The minimum atomic E-state index is -0.266. The summed E-state index contributed by atoms with van der Waals surface area (Å²) >= 11 is 0. The first-order valence-corrected chi connectivity index (χ1v) is 6.76. The normalized spacial score (nSPS) is 12.2. The number of benzene rings is 1. The van der Waals surface area contributed by atoms with Crippen LogP contribution in [0.3, 0.4) is 0 Å². The highest BCUT2D eigenvalue weighted by atomic mass is 17.2. The molecule has 0 radical (unpaired) electrons. The van der Waals surface area contributed by atoms with Gasteiger partial charge in [-0.2, -0.15) is 4.89 Å². The fourth-order valence-corrected chi connectivity index (χ4v) is 2.21. The Hall–Kier alpha value is -1.02. The standard InChI is InChI=1S/C16H26O2/c1-12(2)11-16(5,6)18-17-15-10-8-7-9-14(15)13(3)4/h7-10,12-13H,11H2,1-6H3. The third-order valence-corrected chi connectivity index (χ3v) is 2.80. The van der Waals surface area contributed by atoms with Crippen LogP contribution in [-0.4, -0.2) is 5.60 Å². The average Bonchev–Trinajstić information content (AvgIpc) is 2.25. The van der Waals surface area contributed by atoms with Gasteiger partial charge in [0, 0.05) is 5.56 Å². The second-order valence-corrected chi connectivity index (χ2v) is 6.22. The molecule has 2 heteroatoms. The van der Waals surface area contributed by atoms with Crippen molar-refractivity contribution in [3.63, 3.8) is 0 Å². The summed E-state index contributed by atoms with van der Waals surface area (Å²) in [4.78, 5) is 11.2. The molecule has 0 atom stereocenters. The first-order chi connectivity index (χ1) is 8.32. The predicted octanol–water partition coefficient (Wildman–Crippen LogP) is 4.95. The van der Waals surface area contributed by atoms with Gasteiger partial charge in [-0.15, -0.1) is 0 Å². The maximum Gasteiger partial charge on any atom is 0.168 e. The van der Waals surface area contributed by atoms with Crippen molar-refractivity contribution >= 4 is 0 Å². The van der Waals surface area contributed by atoms with Crippen LogP contribution in [0.4, 0.5) is 0 Å². The summed E-state index contributed by atoms with van der Waals surface area (Å²) in [6.07, 6.45) is 0.969. The van der Waals surface area contributed by atoms with Crippen LogP contribution in [0.1, 0.15) is 59.4 Å². The third-order valence-electron chi connectivity index (χ3n) is 2.80. The molecule has 0 aliphatic heterocycles. The zero-order valence-electron chi connectivity index (χ0n) is 12.5. The molecule has 0 amide bonds. The molecule has 2 nitrogen and oxygen atoms in total. The quantitative estimate of drug-likeness (QED) is 0.525. The number of hydrogen-bond acceptors (Lipinski definition) is 2. The van der Waals surface area contributed by atoms with E-state index in [2.05, 4.69) is 47.6 Å². The summed E-state index contributed by atoms with van der Waals surface area (Å²) in [6, 6.07) is 8.04. The first-order valence-electron chi connectivity index (χ1n) is 6.76. The van der Waals surface area contributed by atoms with E-state index >= 15 is 0 Å². The molecule has 0 unspecified atom stereocenters. The van der Waals surface area contributed by atoms with Crippen LogP contribution in [-0.2, 0) is 4.89 Å². The maximum atomic E-state index is 5.62. The van der Waals surface area contributed by atoms with Gasteiger partial charge in [0.1, 0.15) is 5.60 Å². The van der Waals surface area contributed by atoms with E-state index in [9.17, 15) is 0 Å². The Labute approximate surface area is 111 Å². The van der Waals surface area contributed by atoms with Crippen LogP contribution in [0.15, 0.2) is 24.3 Å². The Morgan fingerprint density at radius 1 is 1.06 bits per heavy atom. The summed E-state index contributed by atoms with van der Waals surface area (Å²) in [5.74, 6) is 1.84. The van der Waals surface area contributed by atoms with Crippen molar-refractivity contribution in [3.8, 4) is 5.75 Å². The lowest BCUT2D eigenvalue weighted by atomic mass is 9.97. The zero-order chi connectivity index (χ0) is 13.8. The van der Waals surface area contributed by atoms with Crippen LogP contribution in [0, 0.1) is 5.92 Å². The van der Waals surface area contributed by atoms with Crippen LogP contribution in [0.5, 0.6) is 5.75 Å². The molecule has 0 aliphatic carbocycles. The van der Waals surface area contributed by atoms with Gasteiger partial charge in [0.2, 0.25) is 0 Å². The molecule has 0 heterocycles. The third kappa shape index (κ3) is 4.69. The minimum absolute atomic E-state index is 0.266. The van der Waals surface area contributed by atoms with Crippen molar-refractivity contribution in [2.45, 2.75) is 59.5 Å². The van der Waals surface area contributed by atoms with Gasteiger partial charge >= 0.3 is 0 Å². The molecule has 0 bridgehead atoms. The second-order valence-electron chi connectivity index (χ2n) is 6.22. The van der Waals surface area contributed by atoms with E-state index in [0.29, 0.717) is 11.8 Å². The molecule has 102 valence electrons. The van der Waals surface area contributed by atoms with E-state index in [1.165, 1.54) is 5.56 Å². The molecule has 0 aromatic heterocycles. The lowest BCUT2D eigenvalue weighted by molar-refractivity contribution is -0.285. The van der Waals surface area contributed by atoms with E-state index in [4.69, 9.17) is 9.78 Å². The van der Waals surface area contributed by atoms with Crippen molar-refractivity contribution in [2.24, 2.45) is 5.92 Å². The summed E-state index contributed by atoms with van der Waals surface area (Å²) < 4.78 is 0. The van der Waals surface area contributed by atoms with E-state index < -0.39 is 0 Å². The molecule has 0 saturated carbocycles. The largest absolute Gasteiger partial charge is 0.337 e. The Morgan fingerprint density at radius 2 is 1.67 bits per heavy atom. The fraction of sp³-hybridized carbons (Fsp3) is 0.625. The second kappa shape index (κ2) is 6.24. The van der Waals surface area contributed by atoms with Crippen LogP contribution in [0.2, 0.25) is 0 Å². The SMILES string of the molecule is CC(C)CC(C)(C)OOc1ccccc1C(C)C. The maximum absolute atomic E-state index is 5.62. The summed E-state index contributed by atoms with van der Waals surface area (Å²) in [5, 5.41) is 0. The molecule has 18 heavy (non-hydrogen) atoms. The van der Waals surface area contributed by atoms with Gasteiger partial charge in [-0.3, -0.25) is 0 Å². The van der Waals surface area contributed by atoms with Crippen LogP contribution < -0.4 is 4.89 Å². The monoisotopic (exact) mass is 250 g/mol. The molecular weight excluding hydrogens is 224 g/mol. The van der Waals surface area contributed by atoms with Gasteiger partial charge in [0.25, 0.3) is 0 Å². The smallest absolute Gasteiger partial charge is 0.168 e. The van der Waals surface area contributed by atoms with Crippen molar-refractivity contribution in [1.29, 1.82) is 0 Å². The van der Waals surface area contributed by atoms with Gasteiger partial charge in [0.05, 0.1) is 0 Å². The van der Waals surface area contributed by atoms with Gasteiger partial charge in [-0.25, -0.2) is 0 Å². The molecular formula is C16H26O2. The van der Waals surface area contributed by atoms with E-state index in [1.54, 1.807) is 0 Å². The van der Waals surface area contributed by atoms with Crippen molar-refractivity contribution < 1.29 is 9.78 Å². The van der Waals surface area contributed by atoms with E-state index in [0.717, 1.165) is 12.2 Å². The van der Waals surface area contributed by atoms with Crippen molar-refractivity contribution in [3.05, 3.63) is 29.8 Å². The number of hydrogen-bond donors (Lipinski definition) is 0.